The third-order valence-corrected chi connectivity index (χ3v) is 12.4. The molecule has 0 bridgehead atoms. The Bertz CT molecular complexity index is 1530. The van der Waals surface area contributed by atoms with Gasteiger partial charge in [-0.25, -0.2) is 0 Å². The largest absolute Gasteiger partial charge is 1.00 e. The second kappa shape index (κ2) is 30.4. The van der Waals surface area contributed by atoms with Crippen molar-refractivity contribution in [2.24, 2.45) is 0 Å². The van der Waals surface area contributed by atoms with Crippen LogP contribution in [0.15, 0.2) is 12.7 Å². The summed E-state index contributed by atoms with van der Waals surface area (Å²) in [4.78, 5) is 48.4. The first-order chi connectivity index (χ1) is 31.2. The maximum atomic E-state index is 12.8. The van der Waals surface area contributed by atoms with E-state index >= 15 is 0 Å². The first kappa shape index (κ1) is 61.6. The Labute approximate surface area is 414 Å². The topological polar surface area (TPSA) is 393 Å². The van der Waals surface area contributed by atoms with Gasteiger partial charge in [-0.3, -0.25) is 14.4 Å². The summed E-state index contributed by atoms with van der Waals surface area (Å²) in [5, 5.41) is 135. The number of hydrogen-bond donors (Lipinski definition) is 13. The molecule has 67 heavy (non-hydrogen) atoms. The molecule has 3 saturated heterocycles. The fourth-order valence-electron chi connectivity index (χ4n) is 7.81. The van der Waals surface area contributed by atoms with E-state index in [1.165, 1.54) is 11.8 Å². The van der Waals surface area contributed by atoms with Crippen LogP contribution in [0.5, 0.6) is 0 Å². The van der Waals surface area contributed by atoms with E-state index in [-0.39, 0.29) is 41.1 Å². The molecule has 24 nitrogen and oxygen atoms in total. The first-order valence-electron chi connectivity index (χ1n) is 22.0. The number of aliphatic carboxylic acids is 1. The molecule has 0 radical (unpaired) electrons. The molecule has 26 heteroatoms. The van der Waals surface area contributed by atoms with Crippen LogP contribution >= 0.6 is 11.8 Å². The van der Waals surface area contributed by atoms with Gasteiger partial charge in [0, 0.05) is 32.4 Å². The molecule has 3 rings (SSSR count). The number of carbonyl (C=O) groups is 4. The van der Waals surface area contributed by atoms with Gasteiger partial charge in [0.1, 0.15) is 73.1 Å². The smallest absolute Gasteiger partial charge is 0.544 e. The number of aliphatic hydroxyl groups excluding tert-OH is 11. The Morgan fingerprint density at radius 1 is 0.836 bits per heavy atom. The molecular formula is C41H69N2NaO22S. The number of ether oxygens (including phenoxy) is 6. The number of hydrogen-bond acceptors (Lipinski definition) is 23. The molecule has 0 aromatic carbocycles. The molecule has 382 valence electrons. The first-order valence-corrected chi connectivity index (χ1v) is 23.0. The predicted octanol–water partition coefficient (Wildman–Crippen LogP) is -8.71. The molecule has 0 aliphatic carbocycles. The number of carbonyl (C=O) groups excluding carboxylic acids is 4. The van der Waals surface area contributed by atoms with Crippen molar-refractivity contribution in [2.45, 2.75) is 188 Å². The van der Waals surface area contributed by atoms with Crippen molar-refractivity contribution in [1.29, 1.82) is 0 Å². The molecule has 0 spiro atoms. The number of thioether (sulfide) groups is 1. The van der Waals surface area contributed by atoms with Crippen molar-refractivity contribution in [3.05, 3.63) is 12.7 Å². The average molecular weight is 997 g/mol. The van der Waals surface area contributed by atoms with Crippen LogP contribution in [0.3, 0.4) is 0 Å². The van der Waals surface area contributed by atoms with E-state index in [1.54, 1.807) is 6.92 Å². The standard InChI is InChI=1S/C41H70N2O22S.Na/c1-4-23(49)22(43-28(52)13-11-9-7-5-6-8-10-12-14-66-21(3)48)19-60-38-33(56)32(55)35(27(18-46)62-38)63-39-34(57)37(31(54)26(17-45)61-39)65-41(40(58)59)15-24(50)29(42-20(2)47)36(64-41)30(53)25(51)16-44;/h4,22-27,29-39,44-46,49-51,53-57H,1,5-19H2,2-3H3,(H,42,47)(H,43,52)(H,58,59);/q;+1/p-1/t22-,23+,24-,25+,26+,27+,29+,30+,31-,32+,33+,34+,35+,36+,37-,38+,39-,41-;/m0./s1. The van der Waals surface area contributed by atoms with E-state index in [0.29, 0.717) is 6.42 Å². The minimum atomic E-state index is -3.19. The molecule has 18 atom stereocenters. The zero-order valence-corrected chi connectivity index (χ0v) is 40.8. The Morgan fingerprint density at radius 3 is 1.99 bits per heavy atom. The molecular weight excluding hydrogens is 927 g/mol. The van der Waals surface area contributed by atoms with Gasteiger partial charge < -0.3 is 105 Å². The molecule has 13 N–H and O–H groups in total. The summed E-state index contributed by atoms with van der Waals surface area (Å²) in [6.45, 7) is 2.57. The summed E-state index contributed by atoms with van der Waals surface area (Å²) in [7, 11) is 0. The van der Waals surface area contributed by atoms with Crippen LogP contribution in [0, 0.1) is 0 Å². The van der Waals surface area contributed by atoms with Crippen LogP contribution in [0.4, 0.5) is 0 Å². The van der Waals surface area contributed by atoms with Crippen LogP contribution in [0.2, 0.25) is 0 Å². The van der Waals surface area contributed by atoms with Gasteiger partial charge >= 0.3 is 29.6 Å². The van der Waals surface area contributed by atoms with Crippen molar-refractivity contribution in [3.8, 4) is 0 Å². The van der Waals surface area contributed by atoms with E-state index in [9.17, 15) is 80.5 Å². The van der Waals surface area contributed by atoms with E-state index in [2.05, 4.69) is 17.2 Å². The van der Waals surface area contributed by atoms with E-state index < -0.39 is 160 Å². The van der Waals surface area contributed by atoms with Crippen LogP contribution < -0.4 is 45.3 Å². The summed E-state index contributed by atoms with van der Waals surface area (Å²) in [5.74, 6) is -5.81. The number of carboxylic acids is 1. The number of amides is 2. The number of aliphatic hydroxyl groups is 11. The Hall–Kier alpha value is -1.51. The Morgan fingerprint density at radius 2 is 1.43 bits per heavy atom. The third kappa shape index (κ3) is 17.9. The molecule has 3 heterocycles. The maximum absolute atomic E-state index is 12.8. The normalized spacial score (nSPS) is 33.9. The van der Waals surface area contributed by atoms with Gasteiger partial charge in [0.05, 0.1) is 50.7 Å². The maximum Gasteiger partial charge on any atom is 1.00 e. The number of nitrogens with one attached hydrogen (secondary N) is 2. The molecule has 3 aliphatic rings. The van der Waals surface area contributed by atoms with Crippen molar-refractivity contribution >= 4 is 34.7 Å². The van der Waals surface area contributed by atoms with E-state index in [1.807, 2.05) is 0 Å². The minimum absolute atomic E-state index is 0. The van der Waals surface area contributed by atoms with Crippen molar-refractivity contribution in [1.82, 2.24) is 10.6 Å². The number of rotatable bonds is 28. The van der Waals surface area contributed by atoms with Gasteiger partial charge in [-0.2, -0.15) is 0 Å². The van der Waals surface area contributed by atoms with Gasteiger partial charge in [0.15, 0.2) is 17.7 Å². The second-order valence-corrected chi connectivity index (χ2v) is 17.9. The van der Waals surface area contributed by atoms with E-state index in [0.717, 1.165) is 63.7 Å². The van der Waals surface area contributed by atoms with Crippen LogP contribution in [-0.4, -0.2) is 221 Å². The molecule has 3 fully saturated rings. The molecule has 0 aromatic rings. The summed E-state index contributed by atoms with van der Waals surface area (Å²) < 4.78 is 33.7. The van der Waals surface area contributed by atoms with Crippen LogP contribution in [0.25, 0.3) is 0 Å². The molecule has 3 aliphatic heterocycles. The molecule has 2 amide bonds. The SMILES string of the molecule is C=C[C@@H](O)[C@H](CO[C@@H]1O[C@H](CO)[C@@H](O[C@@H]2O[C@H](CO)[C@H](O)[C@H](O[C@]3(C(=O)[O-])C[C@H](O)[C@@H](NC(C)=O)[C@H]([C@H](O)[C@H](O)CO)O3)[C@H]2O)[C@H](O)[C@H]1O)NC(=O)CCCCCCCCCCSC(C)=O.[Na+]. The fraction of sp³-hybridized carbons (Fsp3) is 0.854. The zero-order chi connectivity index (χ0) is 49.3. The minimum Gasteiger partial charge on any atom is -0.544 e. The van der Waals surface area contributed by atoms with Gasteiger partial charge in [-0.1, -0.05) is 56.4 Å². The van der Waals surface area contributed by atoms with Gasteiger partial charge in [0.2, 0.25) is 17.6 Å². The second-order valence-electron chi connectivity index (χ2n) is 16.6. The average Bonchev–Trinajstić information content (AvgIpc) is 3.28. The monoisotopic (exact) mass is 996 g/mol. The van der Waals surface area contributed by atoms with Crippen molar-refractivity contribution < 1.29 is 138 Å². The summed E-state index contributed by atoms with van der Waals surface area (Å²) in [6, 6.07) is -2.70. The van der Waals surface area contributed by atoms with Gasteiger partial charge in [-0.05, 0) is 12.8 Å². The zero-order valence-electron chi connectivity index (χ0n) is 38.0. The van der Waals surface area contributed by atoms with Gasteiger partial charge in [0.25, 0.3) is 0 Å². The van der Waals surface area contributed by atoms with Crippen LogP contribution in [0.1, 0.15) is 78.1 Å². The number of carboxylic acid groups (broad SMARTS) is 1. The van der Waals surface area contributed by atoms with Gasteiger partial charge in [-0.15, -0.1) is 6.58 Å². The molecule has 0 saturated carbocycles. The summed E-state index contributed by atoms with van der Waals surface area (Å²) in [5.41, 5.74) is 0. The summed E-state index contributed by atoms with van der Waals surface area (Å²) in [6.07, 6.45) is -21.4. The van der Waals surface area contributed by atoms with Crippen LogP contribution in [-0.2, 0) is 47.6 Å². The number of unbranched alkanes of at least 4 members (excludes halogenated alkanes) is 7. The molecule has 0 aromatic heterocycles. The van der Waals surface area contributed by atoms with E-state index in [4.69, 9.17) is 28.4 Å². The Balaban J connectivity index is 0.0000154. The fourth-order valence-corrected chi connectivity index (χ4v) is 8.45. The molecule has 0 unspecified atom stereocenters. The Kier molecular flexibility index (Phi) is 27.9. The van der Waals surface area contributed by atoms with Crippen molar-refractivity contribution in [2.75, 3.05) is 32.2 Å². The quantitative estimate of drug-likeness (QED) is 0.0197. The third-order valence-electron chi connectivity index (χ3n) is 11.5. The van der Waals surface area contributed by atoms with Crippen molar-refractivity contribution in [3.63, 3.8) is 0 Å². The summed E-state index contributed by atoms with van der Waals surface area (Å²) >= 11 is 1.33. The predicted molar refractivity (Wildman–Crippen MR) is 224 cm³/mol.